The van der Waals surface area contributed by atoms with Crippen molar-refractivity contribution in [2.24, 2.45) is 0 Å². The van der Waals surface area contributed by atoms with Crippen LogP contribution < -0.4 is 4.90 Å². The standard InChI is InChI=1S/C13H13BrFNO2/c1-16-11-9(6-8(14)7-10(11)15)13(12(16)17)2-4-18-5-3-13/h6-7H,2-5H2,1H3. The fourth-order valence-electron chi connectivity index (χ4n) is 3.01. The highest BCUT2D eigenvalue weighted by molar-refractivity contribution is 9.10. The second-order valence-corrected chi connectivity index (χ2v) is 5.76. The molecule has 2 aliphatic rings. The summed E-state index contributed by atoms with van der Waals surface area (Å²) in [5, 5.41) is 0. The molecule has 2 heterocycles. The van der Waals surface area contributed by atoms with Crippen LogP contribution in [-0.2, 0) is 14.9 Å². The van der Waals surface area contributed by atoms with Crippen LogP contribution in [0.25, 0.3) is 0 Å². The van der Waals surface area contributed by atoms with Crippen molar-refractivity contribution in [3.63, 3.8) is 0 Å². The van der Waals surface area contributed by atoms with E-state index in [4.69, 9.17) is 4.74 Å². The van der Waals surface area contributed by atoms with Crippen LogP contribution in [0.1, 0.15) is 18.4 Å². The molecule has 1 spiro atoms. The van der Waals surface area contributed by atoms with E-state index in [-0.39, 0.29) is 11.7 Å². The van der Waals surface area contributed by atoms with E-state index in [0.29, 0.717) is 36.2 Å². The second kappa shape index (κ2) is 4.03. The number of hydrogen-bond donors (Lipinski definition) is 0. The van der Waals surface area contributed by atoms with E-state index in [1.807, 2.05) is 6.07 Å². The molecule has 1 aromatic carbocycles. The Balaban J connectivity index is 2.23. The van der Waals surface area contributed by atoms with Crippen LogP contribution >= 0.6 is 15.9 Å². The van der Waals surface area contributed by atoms with Crippen LogP contribution in [0, 0.1) is 5.82 Å². The number of halogens is 2. The molecule has 0 aliphatic carbocycles. The first-order valence-electron chi connectivity index (χ1n) is 5.92. The zero-order valence-electron chi connectivity index (χ0n) is 10.0. The maximum atomic E-state index is 14.1. The number of nitrogens with zero attached hydrogens (tertiary/aromatic N) is 1. The van der Waals surface area contributed by atoms with Gasteiger partial charge in [0.1, 0.15) is 5.82 Å². The van der Waals surface area contributed by atoms with Crippen LogP contribution in [0.3, 0.4) is 0 Å². The Morgan fingerprint density at radius 2 is 2.06 bits per heavy atom. The van der Waals surface area contributed by atoms with Crippen molar-refractivity contribution >= 4 is 27.5 Å². The maximum Gasteiger partial charge on any atom is 0.237 e. The third-order valence-corrected chi connectivity index (χ3v) is 4.40. The lowest BCUT2D eigenvalue weighted by Crippen LogP contribution is -2.42. The molecule has 1 saturated heterocycles. The predicted molar refractivity (Wildman–Crippen MR) is 69.2 cm³/mol. The monoisotopic (exact) mass is 313 g/mol. The maximum absolute atomic E-state index is 14.1. The molecule has 1 amide bonds. The Bertz CT molecular complexity index is 526. The van der Waals surface area contributed by atoms with E-state index in [1.165, 1.54) is 11.0 Å². The minimum Gasteiger partial charge on any atom is -0.381 e. The molecule has 2 aliphatic heterocycles. The zero-order valence-corrected chi connectivity index (χ0v) is 11.6. The lowest BCUT2D eigenvalue weighted by molar-refractivity contribution is -0.126. The quantitative estimate of drug-likeness (QED) is 0.737. The largest absolute Gasteiger partial charge is 0.381 e. The van der Waals surface area contributed by atoms with E-state index in [9.17, 15) is 9.18 Å². The Kier molecular flexibility index (Phi) is 2.71. The van der Waals surface area contributed by atoms with E-state index in [1.54, 1.807) is 7.05 Å². The first kappa shape index (κ1) is 12.1. The summed E-state index contributed by atoms with van der Waals surface area (Å²) < 4.78 is 20.1. The highest BCUT2D eigenvalue weighted by Gasteiger charge is 2.51. The first-order valence-corrected chi connectivity index (χ1v) is 6.71. The summed E-state index contributed by atoms with van der Waals surface area (Å²) in [6.45, 7) is 1.10. The average Bonchev–Trinajstić information content (AvgIpc) is 2.54. The number of fused-ring (bicyclic) bond motifs is 2. The molecule has 0 unspecified atom stereocenters. The number of amides is 1. The van der Waals surface area contributed by atoms with Crippen molar-refractivity contribution < 1.29 is 13.9 Å². The molecule has 1 aromatic rings. The number of anilines is 1. The molecule has 0 atom stereocenters. The van der Waals surface area contributed by atoms with Gasteiger partial charge in [-0.05, 0) is 30.5 Å². The van der Waals surface area contributed by atoms with Gasteiger partial charge in [-0.25, -0.2) is 4.39 Å². The van der Waals surface area contributed by atoms with Gasteiger partial charge in [-0.1, -0.05) is 15.9 Å². The van der Waals surface area contributed by atoms with E-state index < -0.39 is 5.41 Å². The minimum absolute atomic E-state index is 0.0159. The third-order valence-electron chi connectivity index (χ3n) is 3.94. The molecule has 3 rings (SSSR count). The van der Waals surface area contributed by atoms with Crippen LogP contribution in [0.2, 0.25) is 0 Å². The van der Waals surface area contributed by atoms with Gasteiger partial charge in [0.05, 0.1) is 11.1 Å². The molecule has 96 valence electrons. The van der Waals surface area contributed by atoms with Gasteiger partial charge in [0.25, 0.3) is 0 Å². The van der Waals surface area contributed by atoms with Gasteiger partial charge < -0.3 is 9.64 Å². The zero-order chi connectivity index (χ0) is 12.9. The summed E-state index contributed by atoms with van der Waals surface area (Å²) in [6.07, 6.45) is 1.25. The molecule has 0 radical (unpaired) electrons. The van der Waals surface area contributed by atoms with Crippen LogP contribution in [-0.4, -0.2) is 26.2 Å². The molecule has 0 bridgehead atoms. The van der Waals surface area contributed by atoms with Crippen LogP contribution in [0.4, 0.5) is 10.1 Å². The van der Waals surface area contributed by atoms with Crippen molar-refractivity contribution in [2.75, 3.05) is 25.2 Å². The Hall–Kier alpha value is -0.940. The summed E-state index contributed by atoms with van der Waals surface area (Å²) in [7, 11) is 1.64. The van der Waals surface area contributed by atoms with Crippen LogP contribution in [0.5, 0.6) is 0 Å². The number of ether oxygens (including phenoxy) is 1. The molecule has 3 nitrogen and oxygen atoms in total. The average molecular weight is 314 g/mol. The molecule has 0 N–H and O–H groups in total. The Morgan fingerprint density at radius 1 is 1.39 bits per heavy atom. The Morgan fingerprint density at radius 3 is 2.72 bits per heavy atom. The molecule has 0 saturated carbocycles. The summed E-state index contributed by atoms with van der Waals surface area (Å²) in [5.74, 6) is -0.364. The van der Waals surface area contributed by atoms with Gasteiger partial charge in [0.2, 0.25) is 5.91 Å². The summed E-state index contributed by atoms with van der Waals surface area (Å²) in [4.78, 5) is 13.9. The SMILES string of the molecule is CN1C(=O)C2(CCOCC2)c2cc(Br)cc(F)c21. The molecule has 0 aromatic heterocycles. The van der Waals surface area contributed by atoms with Gasteiger partial charge in [-0.15, -0.1) is 0 Å². The van der Waals surface area contributed by atoms with Gasteiger partial charge >= 0.3 is 0 Å². The molecule has 1 fully saturated rings. The lowest BCUT2D eigenvalue weighted by Gasteiger charge is -2.32. The summed E-state index contributed by atoms with van der Waals surface area (Å²) in [6, 6.07) is 3.27. The minimum atomic E-state index is -0.590. The van der Waals surface area contributed by atoms with Crippen molar-refractivity contribution in [3.8, 4) is 0 Å². The molecular weight excluding hydrogens is 301 g/mol. The smallest absolute Gasteiger partial charge is 0.237 e. The summed E-state index contributed by atoms with van der Waals surface area (Å²) in [5.41, 5.74) is 0.628. The Labute approximate surface area is 113 Å². The molecule has 5 heteroatoms. The topological polar surface area (TPSA) is 29.5 Å². The van der Waals surface area contributed by atoms with E-state index in [2.05, 4.69) is 15.9 Å². The van der Waals surface area contributed by atoms with Gasteiger partial charge in [0, 0.05) is 24.7 Å². The number of rotatable bonds is 0. The second-order valence-electron chi connectivity index (χ2n) is 4.84. The van der Waals surface area contributed by atoms with Crippen molar-refractivity contribution in [3.05, 3.63) is 28.0 Å². The third kappa shape index (κ3) is 1.47. The number of hydrogen-bond acceptors (Lipinski definition) is 2. The fourth-order valence-corrected chi connectivity index (χ4v) is 3.44. The van der Waals surface area contributed by atoms with Gasteiger partial charge in [-0.2, -0.15) is 0 Å². The lowest BCUT2D eigenvalue weighted by atomic mass is 9.75. The van der Waals surface area contributed by atoms with Gasteiger partial charge in [0.15, 0.2) is 0 Å². The van der Waals surface area contributed by atoms with Crippen molar-refractivity contribution in [1.29, 1.82) is 0 Å². The fraction of sp³-hybridized carbons (Fsp3) is 0.462. The van der Waals surface area contributed by atoms with Crippen molar-refractivity contribution in [2.45, 2.75) is 18.3 Å². The predicted octanol–water partition coefficient (Wildman–Crippen LogP) is 2.61. The van der Waals surface area contributed by atoms with Gasteiger partial charge in [-0.3, -0.25) is 4.79 Å². The summed E-state index contributed by atoms with van der Waals surface area (Å²) >= 11 is 3.30. The van der Waals surface area contributed by atoms with E-state index >= 15 is 0 Å². The molecular formula is C13H13BrFNO2. The first-order chi connectivity index (χ1) is 8.56. The van der Waals surface area contributed by atoms with Crippen molar-refractivity contribution in [1.82, 2.24) is 0 Å². The van der Waals surface area contributed by atoms with Crippen LogP contribution in [0.15, 0.2) is 16.6 Å². The number of benzene rings is 1. The normalized spacial score (nSPS) is 21.5. The highest BCUT2D eigenvalue weighted by Crippen LogP contribution is 2.48. The number of carbonyl (C=O) groups is 1. The van der Waals surface area contributed by atoms with E-state index in [0.717, 1.165) is 5.56 Å². The molecule has 18 heavy (non-hydrogen) atoms. The highest BCUT2D eigenvalue weighted by atomic mass is 79.9. The number of carbonyl (C=O) groups excluding carboxylic acids is 1. The number of likely N-dealkylation sites (N-methyl/N-ethyl adjacent to an activating group) is 1.